The first-order valence-corrected chi connectivity index (χ1v) is 16.5. The highest BCUT2D eigenvalue weighted by atomic mass is 32.2. The van der Waals surface area contributed by atoms with Crippen LogP contribution in [-0.2, 0) is 30.2 Å². The first-order valence-electron chi connectivity index (χ1n) is 12.1. The summed E-state index contributed by atoms with van der Waals surface area (Å²) in [6.45, 7) is 11.3. The Kier molecular flexibility index (Phi) is 7.61. The number of nitrogens with two attached hydrogens (primary N) is 1. The van der Waals surface area contributed by atoms with E-state index in [0.29, 0.717) is 13.0 Å². The number of hydrogen-bond acceptors (Lipinski definition) is 7. The molecular formula is C25H36N4O5SSi. The zero-order valence-electron chi connectivity index (χ0n) is 21.5. The second kappa shape index (κ2) is 10.2. The Morgan fingerprint density at radius 3 is 2.58 bits per heavy atom. The standard InChI is InChI=1S/C25H36N4O5SSi/c1-25(2,3)36(4,5)34-21-15-23(33-22(21)17-32-35(26,30)31)29-14-12-19-20(29)11-13-27-24(19)28-16-18-9-7-6-8-10-18/h6-14,21-23H,15-17H2,1-5H3,(H,27,28)(H2,26,30,31)/t21-,22+,23+/m0/s1. The van der Waals surface area contributed by atoms with Gasteiger partial charge < -0.3 is 19.0 Å². The third kappa shape index (κ3) is 6.16. The lowest BCUT2D eigenvalue weighted by molar-refractivity contribution is -0.0346. The van der Waals surface area contributed by atoms with Gasteiger partial charge in [0.2, 0.25) is 0 Å². The van der Waals surface area contributed by atoms with E-state index in [1.165, 1.54) is 0 Å². The highest BCUT2D eigenvalue weighted by Crippen LogP contribution is 2.42. The van der Waals surface area contributed by atoms with Gasteiger partial charge in [0.15, 0.2) is 8.32 Å². The molecule has 0 saturated carbocycles. The third-order valence-electron chi connectivity index (χ3n) is 7.09. The van der Waals surface area contributed by atoms with E-state index >= 15 is 0 Å². The molecule has 0 aliphatic carbocycles. The molecule has 9 nitrogen and oxygen atoms in total. The highest BCUT2D eigenvalue weighted by molar-refractivity contribution is 7.84. The van der Waals surface area contributed by atoms with Crippen molar-refractivity contribution in [3.05, 3.63) is 60.4 Å². The highest BCUT2D eigenvalue weighted by Gasteiger charge is 2.45. The first kappa shape index (κ1) is 26.8. The van der Waals surface area contributed by atoms with Gasteiger partial charge in [-0.25, -0.2) is 10.1 Å². The number of fused-ring (bicyclic) bond motifs is 1. The largest absolute Gasteiger partial charge is 0.411 e. The van der Waals surface area contributed by atoms with Crippen molar-refractivity contribution in [2.45, 2.75) is 70.3 Å². The summed E-state index contributed by atoms with van der Waals surface area (Å²) in [7, 11) is -6.25. The van der Waals surface area contributed by atoms with E-state index in [-0.39, 0.29) is 24.0 Å². The molecule has 0 radical (unpaired) electrons. The summed E-state index contributed by atoms with van der Waals surface area (Å²) in [5, 5.41) is 9.48. The molecule has 11 heteroatoms. The lowest BCUT2D eigenvalue weighted by Crippen LogP contribution is -2.46. The molecule has 1 aromatic carbocycles. The number of nitrogens with one attached hydrogen (secondary N) is 1. The number of hydrogen-bond donors (Lipinski definition) is 2. The van der Waals surface area contributed by atoms with Gasteiger partial charge in [-0.15, -0.1) is 0 Å². The molecular weight excluding hydrogens is 496 g/mol. The van der Waals surface area contributed by atoms with Gasteiger partial charge in [-0.1, -0.05) is 51.1 Å². The summed E-state index contributed by atoms with van der Waals surface area (Å²) in [5.74, 6) is 0.788. The smallest absolute Gasteiger partial charge is 0.333 e. The van der Waals surface area contributed by atoms with E-state index in [1.807, 2.05) is 41.1 Å². The Bertz CT molecular complexity index is 1290. The van der Waals surface area contributed by atoms with Crippen molar-refractivity contribution in [1.29, 1.82) is 0 Å². The van der Waals surface area contributed by atoms with Crippen molar-refractivity contribution in [3.63, 3.8) is 0 Å². The van der Waals surface area contributed by atoms with Crippen LogP contribution in [0.3, 0.4) is 0 Å². The minimum absolute atomic E-state index is 0.0123. The average molecular weight is 533 g/mol. The predicted molar refractivity (Wildman–Crippen MR) is 143 cm³/mol. The van der Waals surface area contributed by atoms with Crippen LogP contribution < -0.4 is 10.5 Å². The zero-order valence-corrected chi connectivity index (χ0v) is 23.3. The van der Waals surface area contributed by atoms with Crippen LogP contribution in [0.4, 0.5) is 5.82 Å². The Hall–Kier alpha value is -2.28. The van der Waals surface area contributed by atoms with Crippen LogP contribution in [-0.4, -0.2) is 45.1 Å². The molecule has 0 unspecified atom stereocenters. The van der Waals surface area contributed by atoms with E-state index in [0.717, 1.165) is 22.3 Å². The zero-order chi connectivity index (χ0) is 26.1. The van der Waals surface area contributed by atoms with Gasteiger partial charge in [0.25, 0.3) is 0 Å². The van der Waals surface area contributed by atoms with Gasteiger partial charge in [0.05, 0.1) is 18.2 Å². The molecule has 36 heavy (non-hydrogen) atoms. The van der Waals surface area contributed by atoms with E-state index in [9.17, 15) is 8.42 Å². The Labute approximate surface area is 214 Å². The van der Waals surface area contributed by atoms with Crippen LogP contribution in [0.1, 0.15) is 39.0 Å². The van der Waals surface area contributed by atoms with Crippen LogP contribution in [0, 0.1) is 0 Å². The number of ether oxygens (including phenoxy) is 1. The average Bonchev–Trinajstić information content (AvgIpc) is 3.39. The molecule has 3 heterocycles. The second-order valence-corrected chi connectivity index (χ2v) is 16.7. The predicted octanol–water partition coefficient (Wildman–Crippen LogP) is 4.55. The van der Waals surface area contributed by atoms with Crippen molar-refractivity contribution in [2.75, 3.05) is 11.9 Å². The SMILES string of the molecule is CC(C)(C)[Si](C)(C)O[C@H]1C[C@H](n2ccc3c(NCc4ccccc4)nccc32)O[C@@H]1COS(N)(=O)=O. The van der Waals surface area contributed by atoms with E-state index in [1.54, 1.807) is 6.20 Å². The molecule has 0 spiro atoms. The molecule has 3 atom stereocenters. The lowest BCUT2D eigenvalue weighted by atomic mass is 10.2. The molecule has 4 rings (SSSR count). The fourth-order valence-corrected chi connectivity index (χ4v) is 5.81. The summed E-state index contributed by atoms with van der Waals surface area (Å²) in [6, 6.07) is 14.1. The van der Waals surface area contributed by atoms with Crippen molar-refractivity contribution in [2.24, 2.45) is 5.14 Å². The molecule has 3 N–H and O–H groups in total. The van der Waals surface area contributed by atoms with Crippen LogP contribution in [0.25, 0.3) is 10.9 Å². The Balaban J connectivity index is 1.57. The summed E-state index contributed by atoms with van der Waals surface area (Å²) in [6.07, 6.45) is 3.05. The summed E-state index contributed by atoms with van der Waals surface area (Å²) in [4.78, 5) is 4.54. The van der Waals surface area contributed by atoms with E-state index < -0.39 is 24.7 Å². The number of nitrogens with zero attached hydrogens (tertiary/aromatic N) is 2. The molecule has 1 fully saturated rings. The van der Waals surface area contributed by atoms with Crippen molar-refractivity contribution >= 4 is 35.3 Å². The number of pyridine rings is 1. The minimum atomic E-state index is -4.10. The van der Waals surface area contributed by atoms with Gasteiger partial charge in [0, 0.05) is 30.7 Å². The van der Waals surface area contributed by atoms with Gasteiger partial charge in [-0.3, -0.25) is 4.18 Å². The minimum Gasteiger partial charge on any atom is -0.411 e. The lowest BCUT2D eigenvalue weighted by Gasteiger charge is -2.39. The van der Waals surface area contributed by atoms with Gasteiger partial charge in [-0.2, -0.15) is 8.42 Å². The first-order chi connectivity index (χ1) is 16.8. The topological polar surface area (TPSA) is 118 Å². The fourth-order valence-electron chi connectivity index (χ4n) is 4.12. The Morgan fingerprint density at radius 1 is 1.19 bits per heavy atom. The maximum atomic E-state index is 11.5. The van der Waals surface area contributed by atoms with Crippen LogP contribution in [0.15, 0.2) is 54.9 Å². The normalized spacial score (nSPS) is 21.2. The van der Waals surface area contributed by atoms with E-state index in [2.05, 4.69) is 56.3 Å². The number of aromatic nitrogens is 2. The van der Waals surface area contributed by atoms with E-state index in [4.69, 9.17) is 18.5 Å². The molecule has 1 aliphatic rings. The molecule has 196 valence electrons. The third-order valence-corrected chi connectivity index (χ3v) is 12.1. The molecule has 0 bridgehead atoms. The van der Waals surface area contributed by atoms with Gasteiger partial charge in [0.1, 0.15) is 18.1 Å². The van der Waals surface area contributed by atoms with Gasteiger partial charge >= 0.3 is 10.3 Å². The Morgan fingerprint density at radius 2 is 1.92 bits per heavy atom. The molecule has 0 amide bonds. The number of benzene rings is 1. The van der Waals surface area contributed by atoms with Crippen molar-refractivity contribution in [1.82, 2.24) is 9.55 Å². The van der Waals surface area contributed by atoms with Crippen LogP contribution in [0.2, 0.25) is 18.1 Å². The maximum absolute atomic E-state index is 11.5. The summed E-state index contributed by atoms with van der Waals surface area (Å²) in [5.41, 5.74) is 2.13. The molecule has 1 saturated heterocycles. The molecule has 1 aliphatic heterocycles. The quantitative estimate of drug-likeness (QED) is 0.388. The molecule has 2 aromatic heterocycles. The second-order valence-electron chi connectivity index (χ2n) is 10.7. The van der Waals surface area contributed by atoms with Crippen LogP contribution >= 0.6 is 0 Å². The number of rotatable bonds is 9. The maximum Gasteiger partial charge on any atom is 0.333 e. The fraction of sp³-hybridized carbons (Fsp3) is 0.480. The van der Waals surface area contributed by atoms with Crippen molar-refractivity contribution in [3.8, 4) is 0 Å². The monoisotopic (exact) mass is 532 g/mol. The summed E-state index contributed by atoms with van der Waals surface area (Å²) >= 11 is 0. The van der Waals surface area contributed by atoms with Gasteiger partial charge in [-0.05, 0) is 35.8 Å². The summed E-state index contributed by atoms with van der Waals surface area (Å²) < 4.78 is 42.9. The number of anilines is 1. The van der Waals surface area contributed by atoms with Crippen molar-refractivity contribution < 1.29 is 21.8 Å². The molecule has 3 aromatic rings. The van der Waals surface area contributed by atoms with Crippen LogP contribution in [0.5, 0.6) is 0 Å².